The van der Waals surface area contributed by atoms with Crippen LogP contribution in [0.2, 0.25) is 0 Å². The summed E-state index contributed by atoms with van der Waals surface area (Å²) in [4.78, 5) is 21.3. The normalized spacial score (nSPS) is 15.3. The summed E-state index contributed by atoms with van der Waals surface area (Å²) in [5.41, 5.74) is 6.90. The molecule has 2 heterocycles. The lowest BCUT2D eigenvalue weighted by Gasteiger charge is -2.10. The summed E-state index contributed by atoms with van der Waals surface area (Å²) in [6.07, 6.45) is 1.14. The molecule has 0 amide bonds. The molecular weight excluding hydrogens is 426 g/mol. The SMILES string of the molecule is COc1cccc(-c2nn(-c3ccc([N+](=O)[O-])cc3[N+](=O)[O-])cc2C2NNC(=S)N2)c1. The van der Waals surface area contributed by atoms with Gasteiger partial charge in [0.15, 0.2) is 5.11 Å². The van der Waals surface area contributed by atoms with Gasteiger partial charge < -0.3 is 10.1 Å². The Morgan fingerprint density at radius 2 is 1.97 bits per heavy atom. The van der Waals surface area contributed by atoms with Crippen molar-refractivity contribution in [3.05, 3.63) is 74.5 Å². The van der Waals surface area contributed by atoms with Gasteiger partial charge in [-0.2, -0.15) is 5.10 Å². The first-order valence-corrected chi connectivity index (χ1v) is 9.27. The van der Waals surface area contributed by atoms with Crippen LogP contribution in [0, 0.1) is 20.2 Å². The minimum absolute atomic E-state index is 0.0829. The van der Waals surface area contributed by atoms with Crippen molar-refractivity contribution in [1.82, 2.24) is 25.9 Å². The number of nitrogens with zero attached hydrogens (tertiary/aromatic N) is 4. The summed E-state index contributed by atoms with van der Waals surface area (Å²) in [5, 5.41) is 30.6. The zero-order valence-corrected chi connectivity index (χ0v) is 16.8. The van der Waals surface area contributed by atoms with Crippen molar-refractivity contribution < 1.29 is 14.6 Å². The van der Waals surface area contributed by atoms with Gasteiger partial charge in [0, 0.05) is 23.4 Å². The average Bonchev–Trinajstić information content (AvgIpc) is 3.39. The van der Waals surface area contributed by atoms with E-state index in [0.717, 1.165) is 6.07 Å². The number of thiocarbonyl (C=S) groups is 1. The topological polar surface area (TPSA) is 149 Å². The minimum Gasteiger partial charge on any atom is -0.497 e. The van der Waals surface area contributed by atoms with Gasteiger partial charge in [0.25, 0.3) is 5.69 Å². The zero-order chi connectivity index (χ0) is 22.1. The molecule has 2 aromatic carbocycles. The fourth-order valence-corrected chi connectivity index (χ4v) is 3.36. The first-order valence-electron chi connectivity index (χ1n) is 8.86. The summed E-state index contributed by atoms with van der Waals surface area (Å²) in [6, 6.07) is 10.6. The summed E-state index contributed by atoms with van der Waals surface area (Å²) in [7, 11) is 1.54. The number of hydrogen-bond donors (Lipinski definition) is 3. The predicted octanol–water partition coefficient (Wildman–Crippen LogP) is 2.35. The smallest absolute Gasteiger partial charge is 0.301 e. The van der Waals surface area contributed by atoms with Crippen molar-refractivity contribution in [2.24, 2.45) is 0 Å². The maximum absolute atomic E-state index is 11.6. The van der Waals surface area contributed by atoms with Crippen LogP contribution in [0.4, 0.5) is 11.4 Å². The van der Waals surface area contributed by atoms with Gasteiger partial charge in [-0.15, -0.1) is 0 Å². The summed E-state index contributed by atoms with van der Waals surface area (Å²) in [5.74, 6) is 0.611. The number of hydrazine groups is 1. The van der Waals surface area contributed by atoms with E-state index in [1.807, 2.05) is 6.07 Å². The number of nitrogens with one attached hydrogen (secondary N) is 3. The van der Waals surface area contributed by atoms with Gasteiger partial charge in [0.05, 0.1) is 28.7 Å². The molecular formula is C18H15N7O5S. The molecule has 1 atom stereocenters. The standard InChI is InChI=1S/C18H15N7O5S/c1-30-12-4-2-3-10(7-12)16-13(17-19-18(31)21-20-17)9-23(22-16)14-6-5-11(24(26)27)8-15(14)25(28)29/h2-9,17,20H,1H3,(H2,19,21,31). The van der Waals surface area contributed by atoms with Crippen LogP contribution < -0.4 is 20.9 Å². The van der Waals surface area contributed by atoms with Crippen molar-refractivity contribution in [2.45, 2.75) is 6.17 Å². The molecule has 0 aliphatic carbocycles. The molecule has 0 spiro atoms. The molecule has 12 nitrogen and oxygen atoms in total. The Morgan fingerprint density at radius 3 is 2.61 bits per heavy atom. The van der Waals surface area contributed by atoms with Crippen molar-refractivity contribution in [3.63, 3.8) is 0 Å². The Kier molecular flexibility index (Phi) is 5.19. The molecule has 1 unspecified atom stereocenters. The lowest BCUT2D eigenvalue weighted by Crippen LogP contribution is -2.26. The second-order valence-electron chi connectivity index (χ2n) is 6.47. The number of methoxy groups -OCH3 is 1. The number of benzene rings is 2. The third-order valence-corrected chi connectivity index (χ3v) is 4.84. The van der Waals surface area contributed by atoms with Crippen molar-refractivity contribution in [3.8, 4) is 22.7 Å². The van der Waals surface area contributed by atoms with E-state index in [2.05, 4.69) is 21.3 Å². The number of nitro benzene ring substituents is 2. The summed E-state index contributed by atoms with van der Waals surface area (Å²) >= 11 is 5.10. The molecule has 31 heavy (non-hydrogen) atoms. The van der Waals surface area contributed by atoms with E-state index in [1.54, 1.807) is 31.5 Å². The molecule has 1 aromatic heterocycles. The highest BCUT2D eigenvalue weighted by Crippen LogP contribution is 2.33. The van der Waals surface area contributed by atoms with E-state index < -0.39 is 21.7 Å². The minimum atomic E-state index is -0.689. The molecule has 4 rings (SSSR count). The maximum atomic E-state index is 11.6. The highest BCUT2D eigenvalue weighted by molar-refractivity contribution is 7.80. The third-order valence-electron chi connectivity index (χ3n) is 4.62. The zero-order valence-electron chi connectivity index (χ0n) is 15.9. The highest BCUT2D eigenvalue weighted by atomic mass is 32.1. The van der Waals surface area contributed by atoms with Crippen molar-refractivity contribution in [1.29, 1.82) is 0 Å². The number of nitro groups is 2. The van der Waals surface area contributed by atoms with Crippen LogP contribution in [0.3, 0.4) is 0 Å². The largest absolute Gasteiger partial charge is 0.497 e. The number of non-ortho nitro benzene ring substituents is 1. The predicted molar refractivity (Wildman–Crippen MR) is 114 cm³/mol. The van der Waals surface area contributed by atoms with Gasteiger partial charge in [-0.05, 0) is 30.4 Å². The summed E-state index contributed by atoms with van der Waals surface area (Å²) < 4.78 is 6.60. The lowest BCUT2D eigenvalue weighted by molar-refractivity contribution is -0.394. The van der Waals surface area contributed by atoms with Crippen LogP contribution in [0.1, 0.15) is 11.7 Å². The molecule has 0 bridgehead atoms. The molecule has 1 aliphatic heterocycles. The van der Waals surface area contributed by atoms with E-state index in [4.69, 9.17) is 17.0 Å². The molecule has 158 valence electrons. The van der Waals surface area contributed by atoms with Gasteiger partial charge in [-0.1, -0.05) is 12.1 Å². The molecule has 3 N–H and O–H groups in total. The Balaban J connectivity index is 1.88. The van der Waals surface area contributed by atoms with E-state index in [-0.39, 0.29) is 11.4 Å². The molecule has 3 aromatic rings. The fourth-order valence-electron chi connectivity index (χ4n) is 3.18. The molecule has 1 fully saturated rings. The highest BCUT2D eigenvalue weighted by Gasteiger charge is 2.28. The van der Waals surface area contributed by atoms with Gasteiger partial charge >= 0.3 is 5.69 Å². The molecule has 1 aliphatic rings. The Morgan fingerprint density at radius 1 is 1.16 bits per heavy atom. The van der Waals surface area contributed by atoms with Crippen LogP contribution in [0.15, 0.2) is 48.7 Å². The van der Waals surface area contributed by atoms with Crippen molar-refractivity contribution >= 4 is 28.7 Å². The first kappa shape index (κ1) is 20.2. The lowest BCUT2D eigenvalue weighted by atomic mass is 10.1. The number of aromatic nitrogens is 2. The monoisotopic (exact) mass is 441 g/mol. The molecule has 13 heteroatoms. The van der Waals surface area contributed by atoms with Crippen LogP contribution in [0.5, 0.6) is 5.75 Å². The molecule has 1 saturated heterocycles. The van der Waals surface area contributed by atoms with Crippen LogP contribution >= 0.6 is 12.2 Å². The average molecular weight is 441 g/mol. The maximum Gasteiger partial charge on any atom is 0.301 e. The van der Waals surface area contributed by atoms with Gasteiger partial charge in [0.2, 0.25) is 0 Å². The van der Waals surface area contributed by atoms with Crippen LogP contribution in [-0.2, 0) is 0 Å². The quantitative estimate of drug-likeness (QED) is 0.295. The van der Waals surface area contributed by atoms with Gasteiger partial charge in [-0.3, -0.25) is 25.7 Å². The molecule has 0 radical (unpaired) electrons. The second-order valence-corrected chi connectivity index (χ2v) is 6.88. The Hall–Kier alpha value is -4.10. The van der Waals surface area contributed by atoms with Crippen LogP contribution in [0.25, 0.3) is 16.9 Å². The number of ether oxygens (including phenoxy) is 1. The van der Waals surface area contributed by atoms with Gasteiger partial charge in [-0.25, -0.2) is 10.1 Å². The third kappa shape index (κ3) is 3.86. The Labute approximate surface area is 180 Å². The number of rotatable bonds is 6. The first-order chi connectivity index (χ1) is 14.9. The molecule has 0 saturated carbocycles. The van der Waals surface area contributed by atoms with E-state index in [0.29, 0.717) is 27.7 Å². The fraction of sp³-hybridized carbons (Fsp3) is 0.111. The van der Waals surface area contributed by atoms with E-state index in [1.165, 1.54) is 16.8 Å². The van der Waals surface area contributed by atoms with E-state index in [9.17, 15) is 20.2 Å². The number of hydrogen-bond acceptors (Lipinski definition) is 8. The Bertz CT molecular complexity index is 1210. The van der Waals surface area contributed by atoms with E-state index >= 15 is 0 Å². The van der Waals surface area contributed by atoms with Gasteiger partial charge in [0.1, 0.15) is 17.6 Å². The second kappa shape index (κ2) is 7.97. The summed E-state index contributed by atoms with van der Waals surface area (Å²) in [6.45, 7) is 0. The van der Waals surface area contributed by atoms with Crippen LogP contribution in [-0.4, -0.2) is 31.8 Å². The van der Waals surface area contributed by atoms with Crippen molar-refractivity contribution in [2.75, 3.05) is 7.11 Å².